The quantitative estimate of drug-likeness (QED) is 0.392. The van der Waals surface area contributed by atoms with Gasteiger partial charge in [-0.05, 0) is 54.1 Å². The van der Waals surface area contributed by atoms with E-state index in [9.17, 15) is 0 Å². The summed E-state index contributed by atoms with van der Waals surface area (Å²) in [4.78, 5) is 4.49. The van der Waals surface area contributed by atoms with Crippen LogP contribution in [0.5, 0.6) is 0 Å². The van der Waals surface area contributed by atoms with Crippen molar-refractivity contribution in [3.05, 3.63) is 90.6 Å². The van der Waals surface area contributed by atoms with E-state index < -0.39 is 0 Å². The maximum atomic E-state index is 8.83. The lowest BCUT2D eigenvalue weighted by Gasteiger charge is -2.11. The van der Waals surface area contributed by atoms with Gasteiger partial charge in [-0.1, -0.05) is 30.3 Å². The highest BCUT2D eigenvalue weighted by molar-refractivity contribution is 5.96. The third kappa shape index (κ3) is 3.30. The fourth-order valence-corrected chi connectivity index (χ4v) is 3.49. The summed E-state index contributed by atoms with van der Waals surface area (Å²) in [6, 6.07) is 28.3. The Morgan fingerprint density at radius 3 is 2.62 bits per heavy atom. The van der Waals surface area contributed by atoms with E-state index in [-0.39, 0.29) is 0 Å². The number of para-hydroxylation sites is 1. The molecule has 0 aliphatic carbocycles. The molecule has 0 aliphatic rings. The third-order valence-electron chi connectivity index (χ3n) is 4.97. The Bertz CT molecular complexity index is 1330. The van der Waals surface area contributed by atoms with Crippen LogP contribution in [0.4, 0.5) is 11.4 Å². The van der Waals surface area contributed by atoms with Gasteiger partial charge in [-0.3, -0.25) is 4.98 Å². The largest absolute Gasteiger partial charge is 0.456 e. The van der Waals surface area contributed by atoms with Crippen LogP contribution in [0.25, 0.3) is 33.2 Å². The number of nitrogens with one attached hydrogen (secondary N) is 1. The average molecular weight is 375 g/mol. The molecular formula is C25H17N3O. The normalized spacial score (nSPS) is 10.9. The first kappa shape index (κ1) is 17.0. The maximum Gasteiger partial charge on any atom is 0.135 e. The Labute approximate surface area is 168 Å². The first-order valence-corrected chi connectivity index (χ1v) is 9.41. The minimum absolute atomic E-state index is 0.416. The predicted molar refractivity (Wildman–Crippen MR) is 116 cm³/mol. The lowest BCUT2D eigenvalue weighted by atomic mass is 10.1. The molecule has 0 spiro atoms. The Balaban J connectivity index is 1.54. The number of anilines is 2. The van der Waals surface area contributed by atoms with E-state index in [2.05, 4.69) is 28.5 Å². The van der Waals surface area contributed by atoms with E-state index in [1.165, 1.54) is 0 Å². The van der Waals surface area contributed by atoms with Gasteiger partial charge in [0.25, 0.3) is 0 Å². The van der Waals surface area contributed by atoms with Crippen LogP contribution in [0.2, 0.25) is 0 Å². The Hall–Kier alpha value is -4.10. The van der Waals surface area contributed by atoms with Crippen LogP contribution in [-0.4, -0.2) is 4.98 Å². The van der Waals surface area contributed by atoms with Crippen LogP contribution in [0.3, 0.4) is 0 Å². The van der Waals surface area contributed by atoms with Gasteiger partial charge < -0.3 is 9.73 Å². The van der Waals surface area contributed by atoms with Crippen molar-refractivity contribution in [2.24, 2.45) is 0 Å². The topological polar surface area (TPSA) is 61.9 Å². The van der Waals surface area contributed by atoms with Crippen molar-refractivity contribution >= 4 is 33.2 Å². The summed E-state index contributed by atoms with van der Waals surface area (Å²) in [6.07, 6.45) is 2.22. The number of furan rings is 1. The predicted octanol–water partition coefficient (Wildman–Crippen LogP) is 6.46. The second-order valence-electron chi connectivity index (χ2n) is 6.90. The molecule has 2 heterocycles. The van der Waals surface area contributed by atoms with Crippen LogP contribution in [0, 0.1) is 11.3 Å². The molecule has 2 aromatic heterocycles. The van der Waals surface area contributed by atoms with E-state index in [0.29, 0.717) is 6.42 Å². The molecule has 0 radical (unpaired) electrons. The van der Waals surface area contributed by atoms with Gasteiger partial charge in [-0.2, -0.15) is 5.26 Å². The number of nitriles is 1. The first-order chi connectivity index (χ1) is 14.3. The maximum absolute atomic E-state index is 8.83. The van der Waals surface area contributed by atoms with Crippen molar-refractivity contribution in [2.75, 3.05) is 5.32 Å². The zero-order valence-electron chi connectivity index (χ0n) is 15.6. The van der Waals surface area contributed by atoms with Gasteiger partial charge in [-0.25, -0.2) is 0 Å². The highest BCUT2D eigenvalue weighted by Crippen LogP contribution is 2.32. The number of pyridine rings is 1. The summed E-state index contributed by atoms with van der Waals surface area (Å²) in [5, 5.41) is 14.4. The van der Waals surface area contributed by atoms with Gasteiger partial charge >= 0.3 is 0 Å². The number of rotatable bonds is 4. The number of hydrogen-bond donors (Lipinski definition) is 1. The Kier molecular flexibility index (Phi) is 4.19. The second kappa shape index (κ2) is 7.14. The van der Waals surface area contributed by atoms with Crippen molar-refractivity contribution in [3.8, 4) is 17.4 Å². The van der Waals surface area contributed by atoms with Gasteiger partial charge in [0.2, 0.25) is 0 Å². The molecule has 5 rings (SSSR count). The lowest BCUT2D eigenvalue weighted by Crippen LogP contribution is -1.93. The summed E-state index contributed by atoms with van der Waals surface area (Å²) < 4.78 is 6.03. The van der Waals surface area contributed by atoms with E-state index >= 15 is 0 Å². The molecular weight excluding hydrogens is 358 g/mol. The molecule has 1 N–H and O–H groups in total. The van der Waals surface area contributed by atoms with E-state index in [0.717, 1.165) is 50.1 Å². The molecule has 29 heavy (non-hydrogen) atoms. The summed E-state index contributed by atoms with van der Waals surface area (Å²) in [6.45, 7) is 0. The zero-order valence-corrected chi connectivity index (χ0v) is 15.6. The third-order valence-corrected chi connectivity index (χ3v) is 4.97. The highest BCUT2D eigenvalue weighted by Gasteiger charge is 2.09. The molecule has 0 saturated heterocycles. The molecule has 4 nitrogen and oxygen atoms in total. The van der Waals surface area contributed by atoms with Crippen molar-refractivity contribution in [3.63, 3.8) is 0 Å². The average Bonchev–Trinajstić information content (AvgIpc) is 3.20. The summed E-state index contributed by atoms with van der Waals surface area (Å²) in [5.41, 5.74) is 5.74. The molecule has 0 saturated carbocycles. The first-order valence-electron chi connectivity index (χ1n) is 9.41. The van der Waals surface area contributed by atoms with E-state index in [1.54, 1.807) is 6.20 Å². The standard InChI is InChI=1S/C25H17N3O/c26-13-11-17-5-8-20(9-6-17)28-23-12-14-27-22-10-7-19(15-21(22)23)25-16-18-3-1-2-4-24(18)29-25/h1-10,12,14-16H,11H2,(H,27,28). The van der Waals surface area contributed by atoms with Crippen molar-refractivity contribution in [1.82, 2.24) is 4.98 Å². The fourth-order valence-electron chi connectivity index (χ4n) is 3.49. The molecule has 0 aliphatic heterocycles. The Morgan fingerprint density at radius 2 is 1.79 bits per heavy atom. The smallest absolute Gasteiger partial charge is 0.135 e. The second-order valence-corrected chi connectivity index (χ2v) is 6.90. The van der Waals surface area contributed by atoms with Gasteiger partial charge in [0.15, 0.2) is 0 Å². The number of hydrogen-bond acceptors (Lipinski definition) is 4. The molecule has 0 bridgehead atoms. The molecule has 0 atom stereocenters. The van der Waals surface area contributed by atoms with Crippen LogP contribution in [0.1, 0.15) is 5.56 Å². The number of fused-ring (bicyclic) bond motifs is 2. The van der Waals surface area contributed by atoms with Crippen LogP contribution < -0.4 is 5.32 Å². The number of nitrogens with zero attached hydrogens (tertiary/aromatic N) is 2. The van der Waals surface area contributed by atoms with Gasteiger partial charge in [0.05, 0.1) is 18.0 Å². The zero-order chi connectivity index (χ0) is 19.6. The molecule has 0 unspecified atom stereocenters. The molecule has 3 aromatic carbocycles. The van der Waals surface area contributed by atoms with Crippen molar-refractivity contribution < 1.29 is 4.42 Å². The molecule has 4 heteroatoms. The molecule has 0 fully saturated rings. The monoisotopic (exact) mass is 375 g/mol. The van der Waals surface area contributed by atoms with Crippen LogP contribution in [0.15, 0.2) is 89.5 Å². The van der Waals surface area contributed by atoms with Gasteiger partial charge in [0, 0.05) is 33.9 Å². The molecule has 138 valence electrons. The van der Waals surface area contributed by atoms with Gasteiger partial charge in [-0.15, -0.1) is 0 Å². The number of benzene rings is 3. The van der Waals surface area contributed by atoms with E-state index in [4.69, 9.17) is 9.68 Å². The minimum Gasteiger partial charge on any atom is -0.456 e. The Morgan fingerprint density at radius 1 is 0.931 bits per heavy atom. The van der Waals surface area contributed by atoms with Crippen molar-refractivity contribution in [2.45, 2.75) is 6.42 Å². The molecule has 5 aromatic rings. The summed E-state index contributed by atoms with van der Waals surface area (Å²) >= 11 is 0. The fraction of sp³-hybridized carbons (Fsp3) is 0.0400. The number of aromatic nitrogens is 1. The summed E-state index contributed by atoms with van der Waals surface area (Å²) in [5.74, 6) is 0.837. The van der Waals surface area contributed by atoms with Gasteiger partial charge in [0.1, 0.15) is 11.3 Å². The van der Waals surface area contributed by atoms with Crippen LogP contribution >= 0.6 is 0 Å². The molecule has 0 amide bonds. The minimum atomic E-state index is 0.416. The van der Waals surface area contributed by atoms with Crippen LogP contribution in [-0.2, 0) is 6.42 Å². The van der Waals surface area contributed by atoms with E-state index in [1.807, 2.05) is 66.7 Å². The lowest BCUT2D eigenvalue weighted by molar-refractivity contribution is 0.631. The van der Waals surface area contributed by atoms with Crippen molar-refractivity contribution in [1.29, 1.82) is 5.26 Å². The summed E-state index contributed by atoms with van der Waals surface area (Å²) in [7, 11) is 0. The SMILES string of the molecule is N#CCc1ccc(Nc2ccnc3ccc(-c4cc5ccccc5o4)cc23)cc1. The highest BCUT2D eigenvalue weighted by atomic mass is 16.3.